The lowest BCUT2D eigenvalue weighted by molar-refractivity contribution is -0.115. The number of carbonyl (C=O) groups is 1. The topological polar surface area (TPSA) is 106 Å². The third-order valence-corrected chi connectivity index (χ3v) is 6.16. The molecule has 0 saturated heterocycles. The summed E-state index contributed by atoms with van der Waals surface area (Å²) in [5.74, 6) is 1.11. The molecule has 4 N–H and O–H groups in total. The molecule has 1 atom stereocenters. The molecule has 0 aliphatic carbocycles. The standard InChI is InChI=1S/C21H22Cl2N6OS/c1-3-13-7-4-5-10-16(13)25-21-27-17(26-20(24)29-21)11-31-12(2)19(30)28-18-14(22)8-6-9-15(18)23/h4-10,12H,3,11H2,1-2H3,(H,28,30)(H3,24,25,26,27,29)/t12-/m1/s1. The zero-order valence-corrected chi connectivity index (χ0v) is 19.4. The highest BCUT2D eigenvalue weighted by atomic mass is 35.5. The van der Waals surface area contributed by atoms with Crippen LogP contribution in [0.3, 0.4) is 0 Å². The number of benzene rings is 2. The minimum atomic E-state index is -0.400. The third kappa shape index (κ3) is 6.22. The van der Waals surface area contributed by atoms with Crippen molar-refractivity contribution in [2.45, 2.75) is 31.3 Å². The fourth-order valence-electron chi connectivity index (χ4n) is 2.75. The molecule has 0 saturated carbocycles. The van der Waals surface area contributed by atoms with Crippen LogP contribution in [0.2, 0.25) is 10.0 Å². The Hall–Kier alpha value is -2.55. The fourth-order valence-corrected chi connectivity index (χ4v) is 3.98. The van der Waals surface area contributed by atoms with Crippen molar-refractivity contribution in [1.82, 2.24) is 15.0 Å². The number of nitrogens with one attached hydrogen (secondary N) is 2. The summed E-state index contributed by atoms with van der Waals surface area (Å²) in [5.41, 5.74) is 8.32. The second-order valence-corrected chi connectivity index (χ2v) is 8.75. The maximum Gasteiger partial charge on any atom is 0.237 e. The monoisotopic (exact) mass is 476 g/mol. The largest absolute Gasteiger partial charge is 0.368 e. The van der Waals surface area contributed by atoms with E-state index in [4.69, 9.17) is 28.9 Å². The first-order valence-electron chi connectivity index (χ1n) is 9.59. The van der Waals surface area contributed by atoms with Crippen LogP contribution >= 0.6 is 35.0 Å². The number of hydrogen-bond acceptors (Lipinski definition) is 7. The maximum absolute atomic E-state index is 12.5. The van der Waals surface area contributed by atoms with Gasteiger partial charge in [-0.2, -0.15) is 15.0 Å². The molecule has 0 fully saturated rings. The Balaban J connectivity index is 1.65. The van der Waals surface area contributed by atoms with Gasteiger partial charge in [-0.1, -0.05) is 54.4 Å². The number of hydrogen-bond donors (Lipinski definition) is 3. The normalized spacial score (nSPS) is 11.7. The van der Waals surface area contributed by atoms with Crippen LogP contribution in [0.15, 0.2) is 42.5 Å². The Morgan fingerprint density at radius 1 is 1.10 bits per heavy atom. The SMILES string of the molecule is CCc1ccccc1Nc1nc(N)nc(CS[C@H](C)C(=O)Nc2c(Cl)cccc2Cl)n1. The van der Waals surface area contributed by atoms with Crippen molar-refractivity contribution in [3.63, 3.8) is 0 Å². The van der Waals surface area contributed by atoms with Gasteiger partial charge < -0.3 is 16.4 Å². The van der Waals surface area contributed by atoms with Crippen LogP contribution in [0.25, 0.3) is 0 Å². The van der Waals surface area contributed by atoms with Crippen LogP contribution in [-0.4, -0.2) is 26.1 Å². The van der Waals surface area contributed by atoms with Crippen LogP contribution in [-0.2, 0) is 17.0 Å². The molecule has 0 bridgehead atoms. The molecule has 3 rings (SSSR count). The average molecular weight is 477 g/mol. The van der Waals surface area contributed by atoms with Crippen molar-refractivity contribution in [2.24, 2.45) is 0 Å². The number of carbonyl (C=O) groups excluding carboxylic acids is 1. The number of para-hydroxylation sites is 2. The van der Waals surface area contributed by atoms with Crippen LogP contribution < -0.4 is 16.4 Å². The molecule has 0 radical (unpaired) electrons. The number of rotatable bonds is 8. The van der Waals surface area contributed by atoms with E-state index in [2.05, 4.69) is 32.5 Å². The van der Waals surface area contributed by atoms with Crippen LogP contribution in [0.1, 0.15) is 25.2 Å². The van der Waals surface area contributed by atoms with Gasteiger partial charge in [-0.05, 0) is 37.1 Å². The third-order valence-electron chi connectivity index (χ3n) is 4.39. The maximum atomic E-state index is 12.5. The Bertz CT molecular complexity index is 1060. The van der Waals surface area contributed by atoms with E-state index in [1.54, 1.807) is 25.1 Å². The Morgan fingerprint density at radius 3 is 2.52 bits per heavy atom. The van der Waals surface area contributed by atoms with Crippen molar-refractivity contribution in [3.05, 3.63) is 63.9 Å². The highest BCUT2D eigenvalue weighted by Gasteiger charge is 2.18. The molecular formula is C21H22Cl2N6OS. The predicted molar refractivity (Wildman–Crippen MR) is 129 cm³/mol. The first kappa shape index (κ1) is 23.1. The molecule has 10 heteroatoms. The fraction of sp³-hybridized carbons (Fsp3) is 0.238. The molecule has 0 aliphatic rings. The average Bonchev–Trinajstić information content (AvgIpc) is 2.74. The summed E-state index contributed by atoms with van der Waals surface area (Å²) in [6.45, 7) is 3.86. The first-order chi connectivity index (χ1) is 14.9. The summed E-state index contributed by atoms with van der Waals surface area (Å²) >= 11 is 13.6. The number of nitrogens with two attached hydrogens (primary N) is 1. The van der Waals surface area contributed by atoms with E-state index < -0.39 is 5.25 Å². The van der Waals surface area contributed by atoms with Gasteiger partial charge in [0.25, 0.3) is 0 Å². The summed E-state index contributed by atoms with van der Waals surface area (Å²) in [6.07, 6.45) is 0.870. The van der Waals surface area contributed by atoms with Crippen LogP contribution in [0, 0.1) is 0 Å². The lowest BCUT2D eigenvalue weighted by atomic mass is 10.1. The van der Waals surface area contributed by atoms with Gasteiger partial charge in [-0.25, -0.2) is 0 Å². The van der Waals surface area contributed by atoms with Gasteiger partial charge in [0.2, 0.25) is 17.8 Å². The highest BCUT2D eigenvalue weighted by molar-refractivity contribution is 7.99. The molecule has 162 valence electrons. The Labute approximate surface area is 195 Å². The molecule has 1 heterocycles. The van der Waals surface area contributed by atoms with Gasteiger partial charge in [-0.3, -0.25) is 4.79 Å². The van der Waals surface area contributed by atoms with Crippen molar-refractivity contribution in [3.8, 4) is 0 Å². The smallest absolute Gasteiger partial charge is 0.237 e. The van der Waals surface area contributed by atoms with E-state index in [1.165, 1.54) is 11.8 Å². The number of anilines is 4. The zero-order chi connectivity index (χ0) is 22.4. The molecular weight excluding hydrogens is 455 g/mol. The van der Waals surface area contributed by atoms with Crippen LogP contribution in [0.4, 0.5) is 23.3 Å². The molecule has 7 nitrogen and oxygen atoms in total. The van der Waals surface area contributed by atoms with E-state index in [0.29, 0.717) is 33.3 Å². The summed E-state index contributed by atoms with van der Waals surface area (Å²) in [5, 5.41) is 6.33. The van der Waals surface area contributed by atoms with E-state index in [-0.39, 0.29) is 11.9 Å². The van der Waals surface area contributed by atoms with Crippen molar-refractivity contribution in [2.75, 3.05) is 16.4 Å². The second-order valence-electron chi connectivity index (χ2n) is 6.61. The predicted octanol–water partition coefficient (Wildman–Crippen LogP) is 5.33. The minimum Gasteiger partial charge on any atom is -0.368 e. The Kier molecular flexibility index (Phi) is 7.95. The van der Waals surface area contributed by atoms with Gasteiger partial charge in [0, 0.05) is 5.69 Å². The lowest BCUT2D eigenvalue weighted by Gasteiger charge is -2.14. The van der Waals surface area contributed by atoms with Gasteiger partial charge in [0.15, 0.2) is 0 Å². The molecule has 0 aliphatic heterocycles. The van der Waals surface area contributed by atoms with Gasteiger partial charge in [-0.15, -0.1) is 11.8 Å². The van der Waals surface area contributed by atoms with Gasteiger partial charge in [0.1, 0.15) is 5.82 Å². The van der Waals surface area contributed by atoms with Gasteiger partial charge in [0.05, 0.1) is 26.7 Å². The highest BCUT2D eigenvalue weighted by Crippen LogP contribution is 2.30. The van der Waals surface area contributed by atoms with E-state index in [9.17, 15) is 4.79 Å². The number of nitrogens with zero attached hydrogens (tertiary/aromatic N) is 3. The number of halogens is 2. The molecule has 2 aromatic carbocycles. The van der Waals surface area contributed by atoms with E-state index >= 15 is 0 Å². The van der Waals surface area contributed by atoms with Crippen molar-refractivity contribution < 1.29 is 4.79 Å². The number of amides is 1. The summed E-state index contributed by atoms with van der Waals surface area (Å²) < 4.78 is 0. The number of aromatic nitrogens is 3. The van der Waals surface area contributed by atoms with Crippen molar-refractivity contribution in [1.29, 1.82) is 0 Å². The molecule has 1 amide bonds. The quantitative estimate of drug-likeness (QED) is 0.403. The molecule has 0 unspecified atom stereocenters. The first-order valence-corrected chi connectivity index (χ1v) is 11.4. The lowest BCUT2D eigenvalue weighted by Crippen LogP contribution is -2.23. The molecule has 0 spiro atoms. The molecule has 31 heavy (non-hydrogen) atoms. The number of thioether (sulfide) groups is 1. The van der Waals surface area contributed by atoms with Crippen LogP contribution in [0.5, 0.6) is 0 Å². The number of aryl methyl sites for hydroxylation is 1. The molecule has 3 aromatic rings. The zero-order valence-electron chi connectivity index (χ0n) is 17.0. The Morgan fingerprint density at radius 2 is 1.81 bits per heavy atom. The summed E-state index contributed by atoms with van der Waals surface area (Å²) in [6, 6.07) is 13.0. The van der Waals surface area contributed by atoms with E-state index in [1.807, 2.05) is 24.3 Å². The minimum absolute atomic E-state index is 0.113. The van der Waals surface area contributed by atoms with Crippen molar-refractivity contribution >= 4 is 64.1 Å². The number of nitrogen functional groups attached to an aromatic ring is 1. The van der Waals surface area contributed by atoms with Gasteiger partial charge >= 0.3 is 0 Å². The molecule has 1 aromatic heterocycles. The summed E-state index contributed by atoms with van der Waals surface area (Å²) in [7, 11) is 0. The second kappa shape index (κ2) is 10.7. The van der Waals surface area contributed by atoms with E-state index in [0.717, 1.165) is 17.7 Å². The summed E-state index contributed by atoms with van der Waals surface area (Å²) in [4.78, 5) is 25.3.